The van der Waals surface area contributed by atoms with E-state index in [0.717, 1.165) is 13.1 Å². The van der Waals surface area contributed by atoms with Crippen molar-refractivity contribution in [2.24, 2.45) is 0 Å². The number of carbonyl (C=O) groups is 2. The van der Waals surface area contributed by atoms with Crippen LogP contribution < -0.4 is 0 Å². The quantitative estimate of drug-likeness (QED) is 0.546. The molecule has 0 aromatic rings. The van der Waals surface area contributed by atoms with Gasteiger partial charge in [0.1, 0.15) is 0 Å². The zero-order valence-electron chi connectivity index (χ0n) is 11.6. The summed E-state index contributed by atoms with van der Waals surface area (Å²) in [5, 5.41) is 0. The Balaban J connectivity index is 2.57. The molecule has 5 nitrogen and oxygen atoms in total. The molecule has 0 radical (unpaired) electrons. The van der Waals surface area contributed by atoms with E-state index in [1.807, 2.05) is 20.9 Å². The molecule has 5 heteroatoms. The molecule has 1 aliphatic rings. The third kappa shape index (κ3) is 3.32. The van der Waals surface area contributed by atoms with E-state index in [1.165, 1.54) is 6.08 Å². The van der Waals surface area contributed by atoms with Crippen molar-refractivity contribution in [1.29, 1.82) is 0 Å². The average Bonchev–Trinajstić information content (AvgIpc) is 2.30. The first-order chi connectivity index (χ1) is 8.39. The van der Waals surface area contributed by atoms with Gasteiger partial charge in [-0.2, -0.15) is 0 Å². The van der Waals surface area contributed by atoms with Crippen molar-refractivity contribution in [2.75, 3.05) is 33.3 Å². The highest BCUT2D eigenvalue weighted by Crippen LogP contribution is 2.21. The van der Waals surface area contributed by atoms with Gasteiger partial charge in [0.25, 0.3) is 0 Å². The highest BCUT2D eigenvalue weighted by molar-refractivity contribution is 5.86. The fourth-order valence-electron chi connectivity index (χ4n) is 2.04. The first-order valence-electron chi connectivity index (χ1n) is 6.23. The molecule has 102 valence electrons. The summed E-state index contributed by atoms with van der Waals surface area (Å²) in [7, 11) is 1.82. The van der Waals surface area contributed by atoms with Gasteiger partial charge in [-0.15, -0.1) is 0 Å². The maximum Gasteiger partial charge on any atom is 0.330 e. The minimum atomic E-state index is -0.522. The maximum atomic E-state index is 12.0. The van der Waals surface area contributed by atoms with Crippen LogP contribution >= 0.6 is 0 Å². The van der Waals surface area contributed by atoms with Crippen LogP contribution in [0.5, 0.6) is 0 Å². The van der Waals surface area contributed by atoms with Crippen molar-refractivity contribution in [3.63, 3.8) is 0 Å². The first kappa shape index (κ1) is 14.7. The number of carbonyl (C=O) groups excluding carboxylic acids is 2. The predicted octanol–water partition coefficient (Wildman–Crippen LogP) is 0.658. The maximum absolute atomic E-state index is 12.0. The van der Waals surface area contributed by atoms with Crippen LogP contribution in [0.1, 0.15) is 20.8 Å². The number of esters is 1. The molecule has 1 saturated heterocycles. The van der Waals surface area contributed by atoms with E-state index in [2.05, 4.69) is 4.90 Å². The van der Waals surface area contributed by atoms with Crippen LogP contribution in [0, 0.1) is 0 Å². The van der Waals surface area contributed by atoms with Crippen LogP contribution in [0.15, 0.2) is 12.2 Å². The van der Waals surface area contributed by atoms with Crippen molar-refractivity contribution < 1.29 is 14.3 Å². The molecule has 0 aliphatic carbocycles. The fraction of sp³-hybridized carbons (Fsp3) is 0.692. The zero-order chi connectivity index (χ0) is 13.8. The number of hydrogen-bond donors (Lipinski definition) is 0. The van der Waals surface area contributed by atoms with Crippen LogP contribution in [0.4, 0.5) is 0 Å². The van der Waals surface area contributed by atoms with Crippen molar-refractivity contribution in [3.8, 4) is 0 Å². The Morgan fingerprint density at radius 3 is 2.72 bits per heavy atom. The van der Waals surface area contributed by atoms with Gasteiger partial charge in [-0.05, 0) is 20.8 Å². The summed E-state index contributed by atoms with van der Waals surface area (Å²) in [5.74, 6) is -0.228. The molecular weight excluding hydrogens is 232 g/mol. The van der Waals surface area contributed by atoms with Crippen LogP contribution in [0.3, 0.4) is 0 Å². The van der Waals surface area contributed by atoms with Crippen molar-refractivity contribution >= 4 is 11.9 Å². The molecule has 0 saturated carbocycles. The van der Waals surface area contributed by atoms with Gasteiger partial charge in [0, 0.05) is 32.8 Å². The molecule has 1 aliphatic heterocycles. The highest BCUT2D eigenvalue weighted by atomic mass is 16.5. The summed E-state index contributed by atoms with van der Waals surface area (Å²) >= 11 is 0. The second-order valence-electron chi connectivity index (χ2n) is 4.89. The van der Waals surface area contributed by atoms with Gasteiger partial charge in [-0.3, -0.25) is 9.69 Å². The molecular formula is C13H22N2O3. The number of nitrogens with zero attached hydrogens (tertiary/aromatic N) is 2. The van der Waals surface area contributed by atoms with Crippen LogP contribution in [0.25, 0.3) is 0 Å². The Bertz CT molecular complexity index is 350. The van der Waals surface area contributed by atoms with Gasteiger partial charge in [-0.25, -0.2) is 4.79 Å². The molecule has 1 amide bonds. The molecule has 1 heterocycles. The van der Waals surface area contributed by atoms with Crippen LogP contribution in [-0.4, -0.2) is 60.5 Å². The summed E-state index contributed by atoms with van der Waals surface area (Å²) in [5.41, 5.74) is -0.522. The molecule has 0 aromatic carbocycles. The van der Waals surface area contributed by atoms with Crippen LogP contribution in [-0.2, 0) is 14.3 Å². The third-order valence-electron chi connectivity index (χ3n) is 3.23. The number of hydrogen-bond acceptors (Lipinski definition) is 4. The van der Waals surface area contributed by atoms with Crippen LogP contribution in [0.2, 0.25) is 0 Å². The lowest BCUT2D eigenvalue weighted by Gasteiger charge is -2.44. The van der Waals surface area contributed by atoms with Crippen molar-refractivity contribution in [1.82, 2.24) is 9.80 Å². The standard InChI is InChI=1S/C13H22N2O3/c1-5-18-11(16)7-6-8-15-10-9-14(4)12(17)13(15,2)3/h6-7H,5,8-10H2,1-4H3/b7-6+. The molecule has 1 fully saturated rings. The summed E-state index contributed by atoms with van der Waals surface area (Å²) in [4.78, 5) is 27.0. The Morgan fingerprint density at radius 2 is 2.11 bits per heavy atom. The molecule has 0 atom stereocenters. The topological polar surface area (TPSA) is 49.9 Å². The summed E-state index contributed by atoms with van der Waals surface area (Å²) < 4.78 is 4.80. The van der Waals surface area contributed by atoms with E-state index in [1.54, 1.807) is 17.9 Å². The summed E-state index contributed by atoms with van der Waals surface area (Å²) in [6, 6.07) is 0. The molecule has 18 heavy (non-hydrogen) atoms. The molecule has 0 N–H and O–H groups in total. The number of likely N-dealkylation sites (N-methyl/N-ethyl adjacent to an activating group) is 1. The summed E-state index contributed by atoms with van der Waals surface area (Å²) in [6.07, 6.45) is 3.17. The van der Waals surface area contributed by atoms with E-state index in [-0.39, 0.29) is 11.9 Å². The number of piperazine rings is 1. The lowest BCUT2D eigenvalue weighted by Crippen LogP contribution is -2.61. The van der Waals surface area contributed by atoms with Gasteiger partial charge in [-0.1, -0.05) is 6.08 Å². The molecule has 0 unspecified atom stereocenters. The van der Waals surface area contributed by atoms with Gasteiger partial charge in [0.15, 0.2) is 0 Å². The second kappa shape index (κ2) is 6.00. The number of rotatable bonds is 4. The number of ether oxygens (including phenoxy) is 1. The van der Waals surface area contributed by atoms with Gasteiger partial charge < -0.3 is 9.64 Å². The van der Waals surface area contributed by atoms with E-state index in [0.29, 0.717) is 13.2 Å². The lowest BCUT2D eigenvalue weighted by molar-refractivity contribution is -0.146. The minimum Gasteiger partial charge on any atom is -0.463 e. The summed E-state index contributed by atoms with van der Waals surface area (Å²) in [6.45, 7) is 8.06. The molecule has 0 bridgehead atoms. The smallest absolute Gasteiger partial charge is 0.330 e. The largest absolute Gasteiger partial charge is 0.463 e. The zero-order valence-corrected chi connectivity index (χ0v) is 11.6. The Hall–Kier alpha value is -1.36. The second-order valence-corrected chi connectivity index (χ2v) is 4.89. The number of amides is 1. The van der Waals surface area contributed by atoms with Gasteiger partial charge in [0.2, 0.25) is 5.91 Å². The van der Waals surface area contributed by atoms with Crippen molar-refractivity contribution in [2.45, 2.75) is 26.3 Å². The average molecular weight is 254 g/mol. The highest BCUT2D eigenvalue weighted by Gasteiger charge is 2.39. The third-order valence-corrected chi connectivity index (χ3v) is 3.23. The normalized spacial score (nSPS) is 20.4. The van der Waals surface area contributed by atoms with E-state index in [9.17, 15) is 9.59 Å². The van der Waals surface area contributed by atoms with E-state index in [4.69, 9.17) is 4.74 Å². The van der Waals surface area contributed by atoms with E-state index < -0.39 is 5.54 Å². The predicted molar refractivity (Wildman–Crippen MR) is 69.1 cm³/mol. The monoisotopic (exact) mass is 254 g/mol. The molecule has 1 rings (SSSR count). The Kier molecular flexibility index (Phi) is 4.90. The SMILES string of the molecule is CCOC(=O)/C=C/CN1CCN(C)C(=O)C1(C)C. The van der Waals surface area contributed by atoms with Crippen molar-refractivity contribution in [3.05, 3.63) is 12.2 Å². The first-order valence-corrected chi connectivity index (χ1v) is 6.23. The fourth-order valence-corrected chi connectivity index (χ4v) is 2.04. The lowest BCUT2D eigenvalue weighted by atomic mass is 9.98. The van der Waals surface area contributed by atoms with E-state index >= 15 is 0 Å². The van der Waals surface area contributed by atoms with Gasteiger partial charge >= 0.3 is 5.97 Å². The van der Waals surface area contributed by atoms with Gasteiger partial charge in [0.05, 0.1) is 12.1 Å². The Labute approximate surface area is 108 Å². The molecule has 0 aromatic heterocycles. The minimum absolute atomic E-state index is 0.110. The molecule has 0 spiro atoms. The Morgan fingerprint density at radius 1 is 1.44 bits per heavy atom.